The van der Waals surface area contributed by atoms with E-state index in [-0.39, 0.29) is 13.0 Å². The second-order valence-corrected chi connectivity index (χ2v) is 3.58. The van der Waals surface area contributed by atoms with Crippen molar-refractivity contribution in [2.75, 3.05) is 6.54 Å². The zero-order chi connectivity index (χ0) is 10.6. The van der Waals surface area contributed by atoms with Crippen molar-refractivity contribution in [3.05, 3.63) is 0 Å². The fourth-order valence-electron chi connectivity index (χ4n) is 1.94. The van der Waals surface area contributed by atoms with E-state index in [1.807, 2.05) is 6.07 Å². The van der Waals surface area contributed by atoms with Crippen LogP contribution in [0.4, 0.5) is 13.2 Å². The quantitative estimate of drug-likeness (QED) is 0.703. The molecule has 14 heavy (non-hydrogen) atoms. The summed E-state index contributed by atoms with van der Waals surface area (Å²) in [6.07, 6.45) is -1.98. The van der Waals surface area contributed by atoms with Crippen LogP contribution in [0.5, 0.6) is 0 Å². The van der Waals surface area contributed by atoms with E-state index in [4.69, 9.17) is 5.26 Å². The minimum Gasteiger partial charge on any atom is -0.301 e. The monoisotopic (exact) mass is 206 g/mol. The molecule has 1 saturated carbocycles. The van der Waals surface area contributed by atoms with Gasteiger partial charge in [-0.2, -0.15) is 18.4 Å². The molecular weight excluding hydrogens is 193 g/mol. The first-order valence-corrected chi connectivity index (χ1v) is 4.72. The highest BCUT2D eigenvalue weighted by atomic mass is 19.4. The van der Waals surface area contributed by atoms with Gasteiger partial charge in [0.15, 0.2) is 0 Å². The number of halogens is 3. The molecule has 0 aromatic rings. The summed E-state index contributed by atoms with van der Waals surface area (Å²) in [5.41, 5.74) is 0. The first kappa shape index (κ1) is 11.3. The molecule has 1 aliphatic carbocycles. The topological polar surface area (TPSA) is 35.8 Å². The molecular formula is C9H13F3N2. The molecule has 5 heteroatoms. The van der Waals surface area contributed by atoms with Gasteiger partial charge < -0.3 is 5.32 Å². The first-order chi connectivity index (χ1) is 6.55. The van der Waals surface area contributed by atoms with Crippen LogP contribution < -0.4 is 5.32 Å². The van der Waals surface area contributed by atoms with Crippen molar-refractivity contribution in [3.8, 4) is 6.07 Å². The van der Waals surface area contributed by atoms with Gasteiger partial charge >= 0.3 is 6.18 Å². The van der Waals surface area contributed by atoms with Crippen LogP contribution in [-0.4, -0.2) is 18.8 Å². The third-order valence-corrected chi connectivity index (χ3v) is 2.63. The molecule has 0 radical (unpaired) electrons. The van der Waals surface area contributed by atoms with E-state index in [2.05, 4.69) is 5.32 Å². The Balaban J connectivity index is 2.56. The molecule has 0 heterocycles. The van der Waals surface area contributed by atoms with Gasteiger partial charge in [-0.25, -0.2) is 0 Å². The number of nitriles is 1. The molecule has 2 atom stereocenters. The summed E-state index contributed by atoms with van der Waals surface area (Å²) in [5, 5.41) is 10.9. The first-order valence-electron chi connectivity index (χ1n) is 4.72. The molecule has 0 bridgehead atoms. The van der Waals surface area contributed by atoms with E-state index in [0.717, 1.165) is 6.42 Å². The van der Waals surface area contributed by atoms with Crippen molar-refractivity contribution >= 4 is 0 Å². The van der Waals surface area contributed by atoms with Gasteiger partial charge in [0.05, 0.1) is 18.5 Å². The van der Waals surface area contributed by atoms with Crippen molar-refractivity contribution in [1.82, 2.24) is 5.32 Å². The molecule has 1 fully saturated rings. The smallest absolute Gasteiger partial charge is 0.301 e. The molecule has 1 N–H and O–H groups in total. The standard InChI is InChI=1S/C9H13F3N2/c10-9(11,12)7-3-1-2-4-8(7)14-6-5-13/h7-8,14H,1-4,6H2. The molecule has 80 valence electrons. The maximum Gasteiger partial charge on any atom is 0.393 e. The largest absolute Gasteiger partial charge is 0.393 e. The average molecular weight is 206 g/mol. The third kappa shape index (κ3) is 2.88. The molecule has 1 rings (SSSR count). The lowest BCUT2D eigenvalue weighted by molar-refractivity contribution is -0.188. The Morgan fingerprint density at radius 2 is 1.93 bits per heavy atom. The number of nitrogens with one attached hydrogen (secondary N) is 1. The lowest BCUT2D eigenvalue weighted by Gasteiger charge is -2.33. The van der Waals surface area contributed by atoms with E-state index < -0.39 is 18.1 Å². The fraction of sp³-hybridized carbons (Fsp3) is 0.889. The Labute approximate surface area is 81.1 Å². The number of hydrogen-bond donors (Lipinski definition) is 1. The molecule has 0 spiro atoms. The van der Waals surface area contributed by atoms with Crippen LogP contribution in [0, 0.1) is 17.2 Å². The van der Waals surface area contributed by atoms with Crippen LogP contribution >= 0.6 is 0 Å². The predicted molar refractivity (Wildman–Crippen MR) is 45.4 cm³/mol. The van der Waals surface area contributed by atoms with Crippen LogP contribution in [0.25, 0.3) is 0 Å². The average Bonchev–Trinajstić information content (AvgIpc) is 2.14. The highest BCUT2D eigenvalue weighted by Gasteiger charge is 2.45. The minimum absolute atomic E-state index is 0.00273. The lowest BCUT2D eigenvalue weighted by atomic mass is 9.84. The lowest BCUT2D eigenvalue weighted by Crippen LogP contribution is -2.45. The molecule has 0 aromatic carbocycles. The van der Waals surface area contributed by atoms with E-state index in [0.29, 0.717) is 12.8 Å². The van der Waals surface area contributed by atoms with Gasteiger partial charge in [-0.15, -0.1) is 0 Å². The van der Waals surface area contributed by atoms with Gasteiger partial charge in [-0.3, -0.25) is 0 Å². The van der Waals surface area contributed by atoms with Crippen LogP contribution in [0.15, 0.2) is 0 Å². The molecule has 0 aliphatic heterocycles. The number of nitrogens with zero attached hydrogens (tertiary/aromatic N) is 1. The minimum atomic E-state index is -4.13. The van der Waals surface area contributed by atoms with E-state index >= 15 is 0 Å². The molecule has 0 saturated heterocycles. The van der Waals surface area contributed by atoms with Crippen LogP contribution in [-0.2, 0) is 0 Å². The fourth-order valence-corrected chi connectivity index (χ4v) is 1.94. The molecule has 2 unspecified atom stereocenters. The second kappa shape index (κ2) is 4.65. The summed E-state index contributed by atoms with van der Waals surface area (Å²) >= 11 is 0. The van der Waals surface area contributed by atoms with E-state index in [1.165, 1.54) is 0 Å². The van der Waals surface area contributed by atoms with Gasteiger partial charge in [-0.1, -0.05) is 12.8 Å². The number of hydrogen-bond acceptors (Lipinski definition) is 2. The van der Waals surface area contributed by atoms with Crippen LogP contribution in [0.1, 0.15) is 25.7 Å². The van der Waals surface area contributed by atoms with Gasteiger partial charge in [0.1, 0.15) is 0 Å². The van der Waals surface area contributed by atoms with Crippen molar-refractivity contribution in [3.63, 3.8) is 0 Å². The number of rotatable bonds is 2. The van der Waals surface area contributed by atoms with E-state index in [9.17, 15) is 13.2 Å². The van der Waals surface area contributed by atoms with Crippen molar-refractivity contribution in [1.29, 1.82) is 5.26 Å². The Bertz CT molecular complexity index is 219. The maximum absolute atomic E-state index is 12.5. The summed E-state index contributed by atoms with van der Waals surface area (Å²) in [6, 6.07) is 1.24. The Morgan fingerprint density at radius 3 is 2.50 bits per heavy atom. The molecule has 0 amide bonds. The number of alkyl halides is 3. The summed E-state index contributed by atoms with van der Waals surface area (Å²) in [4.78, 5) is 0. The summed E-state index contributed by atoms with van der Waals surface area (Å²) in [5.74, 6) is -1.27. The zero-order valence-electron chi connectivity index (χ0n) is 7.77. The summed E-state index contributed by atoms with van der Waals surface area (Å²) in [6.45, 7) is -0.00273. The summed E-state index contributed by atoms with van der Waals surface area (Å²) < 4.78 is 37.5. The van der Waals surface area contributed by atoms with Crippen LogP contribution in [0.2, 0.25) is 0 Å². The maximum atomic E-state index is 12.5. The van der Waals surface area contributed by atoms with Gasteiger partial charge in [-0.05, 0) is 12.8 Å². The Hall–Kier alpha value is -0.760. The van der Waals surface area contributed by atoms with Crippen molar-refractivity contribution in [2.24, 2.45) is 5.92 Å². The Kier molecular flexibility index (Phi) is 3.76. The highest BCUT2D eigenvalue weighted by molar-refractivity contribution is 4.88. The van der Waals surface area contributed by atoms with Crippen molar-refractivity contribution in [2.45, 2.75) is 37.9 Å². The van der Waals surface area contributed by atoms with Gasteiger partial charge in [0, 0.05) is 6.04 Å². The van der Waals surface area contributed by atoms with Gasteiger partial charge in [0.2, 0.25) is 0 Å². The van der Waals surface area contributed by atoms with Crippen molar-refractivity contribution < 1.29 is 13.2 Å². The normalized spacial score (nSPS) is 28.4. The molecule has 2 nitrogen and oxygen atoms in total. The predicted octanol–water partition coefficient (Wildman–Crippen LogP) is 2.22. The van der Waals surface area contributed by atoms with Crippen LogP contribution in [0.3, 0.4) is 0 Å². The van der Waals surface area contributed by atoms with E-state index in [1.54, 1.807) is 0 Å². The SMILES string of the molecule is N#CCNC1CCCCC1C(F)(F)F. The highest BCUT2D eigenvalue weighted by Crippen LogP contribution is 2.37. The van der Waals surface area contributed by atoms with Gasteiger partial charge in [0.25, 0.3) is 0 Å². The second-order valence-electron chi connectivity index (χ2n) is 3.58. The molecule has 0 aromatic heterocycles. The zero-order valence-corrected chi connectivity index (χ0v) is 7.77. The summed E-state index contributed by atoms with van der Waals surface area (Å²) in [7, 11) is 0. The Morgan fingerprint density at radius 1 is 1.29 bits per heavy atom. The third-order valence-electron chi connectivity index (χ3n) is 2.63. The molecule has 1 aliphatic rings.